The van der Waals surface area contributed by atoms with Crippen LogP contribution < -0.4 is 0 Å². The van der Waals surface area contributed by atoms with Crippen molar-refractivity contribution in [1.29, 1.82) is 0 Å². The first-order valence-corrected chi connectivity index (χ1v) is 57.9. The first kappa shape index (κ1) is 137. The number of unbranched alkanes of at least 4 members (excludes halogenated alkanes) is 31. The van der Waals surface area contributed by atoms with Crippen molar-refractivity contribution in [3.63, 3.8) is 0 Å². The number of ether oxygens (including phenoxy) is 10. The second kappa shape index (κ2) is 101. The van der Waals surface area contributed by atoms with E-state index in [-0.39, 0.29) is 31.5 Å². The molecule has 0 aromatic heterocycles. The lowest BCUT2D eigenvalue weighted by Crippen LogP contribution is -2.24. The van der Waals surface area contributed by atoms with Crippen LogP contribution >= 0.6 is 0 Å². The van der Waals surface area contributed by atoms with Crippen LogP contribution in [0.1, 0.15) is 625 Å². The highest BCUT2D eigenvalue weighted by Gasteiger charge is 2.22. The fourth-order valence-corrected chi connectivity index (χ4v) is 16.4. The second-order valence-corrected chi connectivity index (χ2v) is 45.9. The summed E-state index contributed by atoms with van der Waals surface area (Å²) in [5.74, 6) is 2.77. The van der Waals surface area contributed by atoms with Gasteiger partial charge in [0.1, 0.15) is 0 Å². The van der Waals surface area contributed by atoms with E-state index >= 15 is 0 Å². The zero-order valence-electron chi connectivity index (χ0n) is 94.5. The van der Waals surface area contributed by atoms with Crippen LogP contribution in [0.4, 0.5) is 0 Å². The quantitative estimate of drug-likeness (QED) is 0.0433. The molecule has 0 amide bonds. The highest BCUT2D eigenvalue weighted by molar-refractivity contribution is 4.70. The van der Waals surface area contributed by atoms with Gasteiger partial charge in [0.2, 0.25) is 0 Å². The van der Waals surface area contributed by atoms with Crippen molar-refractivity contribution >= 4 is 0 Å². The predicted octanol–water partition coefficient (Wildman–Crippen LogP) is 40.4. The summed E-state index contributed by atoms with van der Waals surface area (Å²) in [4.78, 5) is 0. The lowest BCUT2D eigenvalue weighted by Gasteiger charge is -2.25. The zero-order chi connectivity index (χ0) is 97.5. The highest BCUT2D eigenvalue weighted by Crippen LogP contribution is 2.30. The van der Waals surface area contributed by atoms with Crippen LogP contribution in [0.25, 0.3) is 0 Å². The van der Waals surface area contributed by atoms with Crippen molar-refractivity contribution in [2.45, 2.75) is 656 Å². The minimum Gasteiger partial charge on any atom is -0.353 e. The molecule has 0 radical (unpaired) electrons. The third kappa shape index (κ3) is 116. The number of hydrogen-bond donors (Lipinski definition) is 0. The second-order valence-electron chi connectivity index (χ2n) is 45.9. The van der Waals surface area contributed by atoms with E-state index in [0.717, 1.165) is 111 Å². The maximum atomic E-state index is 6.35. The molecule has 0 aromatic carbocycles. The Labute approximate surface area is 815 Å². The zero-order valence-corrected chi connectivity index (χ0v) is 94.5. The summed E-state index contributed by atoms with van der Waals surface area (Å²) < 4.78 is 61.3. The average molecular weight is 1840 g/mol. The molecule has 0 rings (SSSR count). The summed E-state index contributed by atoms with van der Waals surface area (Å²) in [5.41, 5.74) is 2.29. The Kier molecular flexibility index (Phi) is 107. The Balaban J connectivity index is -0.000000498. The van der Waals surface area contributed by atoms with Crippen LogP contribution in [0.2, 0.25) is 0 Å². The molecular weight excluding hydrogens is 1590 g/mol. The monoisotopic (exact) mass is 1840 g/mol. The fraction of sp³-hybridized carbons (Fsp3) is 1.00. The van der Waals surface area contributed by atoms with Gasteiger partial charge in [0, 0.05) is 39.6 Å². The summed E-state index contributed by atoms with van der Waals surface area (Å²) in [6, 6.07) is 0. The number of rotatable bonds is 90. The van der Waals surface area contributed by atoms with Gasteiger partial charge >= 0.3 is 0 Å². The van der Waals surface area contributed by atoms with Crippen molar-refractivity contribution in [2.24, 2.45) is 50.7 Å². The molecule has 0 spiro atoms. The molecule has 0 fully saturated rings. The minimum atomic E-state index is -0.00341. The van der Waals surface area contributed by atoms with E-state index < -0.39 is 0 Å². The van der Waals surface area contributed by atoms with E-state index in [1.165, 1.54) is 379 Å². The smallest absolute Gasteiger partial charge is 0.157 e. The van der Waals surface area contributed by atoms with Gasteiger partial charge in [-0.15, -0.1) is 0 Å². The van der Waals surface area contributed by atoms with Crippen LogP contribution in [-0.2, 0) is 47.4 Å². The molecular formula is C119H248O10. The first-order valence-electron chi connectivity index (χ1n) is 57.9. The molecule has 10 nitrogen and oxygen atoms in total. The summed E-state index contributed by atoms with van der Waals surface area (Å²) in [6.07, 6.45) is 83.5. The molecule has 0 heterocycles. The maximum Gasteiger partial charge on any atom is 0.157 e. The van der Waals surface area contributed by atoms with Crippen LogP contribution in [0, 0.1) is 50.7 Å². The van der Waals surface area contributed by atoms with E-state index in [1.807, 2.05) is 0 Å². The normalized spacial score (nSPS) is 13.0. The van der Waals surface area contributed by atoms with E-state index in [9.17, 15) is 0 Å². The molecule has 0 saturated carbocycles. The molecule has 10 heteroatoms. The lowest BCUT2D eigenvalue weighted by molar-refractivity contribution is -0.162. The molecule has 784 valence electrons. The van der Waals surface area contributed by atoms with Gasteiger partial charge in [0.15, 0.2) is 31.5 Å². The van der Waals surface area contributed by atoms with Gasteiger partial charge in [-0.05, 0) is 224 Å². The summed E-state index contributed by atoms with van der Waals surface area (Å²) in [5, 5.41) is 0. The van der Waals surface area contributed by atoms with Crippen molar-refractivity contribution in [2.75, 3.05) is 66.1 Å². The third-order valence-corrected chi connectivity index (χ3v) is 25.3. The third-order valence-electron chi connectivity index (χ3n) is 25.3. The standard InChI is InChI=1S/C27H56O2.2C25H52O2.C23H48O2.C19H40O2/c1-8-16-24(17-9-2)22-28-26(29-23-25(18-10-3)19-11-4)20-14-12-13-15-21-27(5,6)7;1-8-12-16-22(10-3)20-26-24(18-14-15-19-25(5,6)7)27-21-23(11-4)17-13-9-2;1-6-8-10-12-14-18-22-26-24(20-16-17-21-25(3,4)5)27-23-19-15-13-11-9-7-2;1-6-8-10-16-20-24-22(25-21-17-11-9-7-2)18-14-12-13-15-19-23(3,4)5;1-6-8-16-20-18(21-17-9-7-2)14-12-10-11-13-15-19(3,4)5/h24-26H,8-23H2,1-7H3;22-24H,8-21H2,1-7H3;24H,6-23H2,1-5H3;22H,6-21H2,1-5H3;18H,6-17H2,1-5H3. The maximum absolute atomic E-state index is 6.35. The molecule has 0 aliphatic rings. The van der Waals surface area contributed by atoms with Gasteiger partial charge in [0.05, 0.1) is 26.4 Å². The summed E-state index contributed by atoms with van der Waals surface area (Å²) in [7, 11) is 0. The van der Waals surface area contributed by atoms with Crippen LogP contribution in [-0.4, -0.2) is 97.5 Å². The van der Waals surface area contributed by atoms with E-state index in [4.69, 9.17) is 47.4 Å². The van der Waals surface area contributed by atoms with E-state index in [1.54, 1.807) is 0 Å². The lowest BCUT2D eigenvalue weighted by atomic mass is 9.89. The molecule has 0 saturated heterocycles. The van der Waals surface area contributed by atoms with Crippen molar-refractivity contribution in [1.82, 2.24) is 0 Å². The van der Waals surface area contributed by atoms with E-state index in [0.29, 0.717) is 50.7 Å². The van der Waals surface area contributed by atoms with Crippen LogP contribution in [0.5, 0.6) is 0 Å². The average Bonchev–Trinajstić information content (AvgIpc) is 0.941. The molecule has 0 aromatic rings. The van der Waals surface area contributed by atoms with E-state index in [2.05, 4.69) is 201 Å². The largest absolute Gasteiger partial charge is 0.353 e. The van der Waals surface area contributed by atoms with Gasteiger partial charge < -0.3 is 47.4 Å². The van der Waals surface area contributed by atoms with Gasteiger partial charge in [-0.1, -0.05) is 451 Å². The van der Waals surface area contributed by atoms with Gasteiger partial charge in [0.25, 0.3) is 0 Å². The Morgan fingerprint density at radius 2 is 0.310 bits per heavy atom. The van der Waals surface area contributed by atoms with Crippen molar-refractivity contribution < 1.29 is 47.4 Å². The molecule has 129 heavy (non-hydrogen) atoms. The SMILES string of the molecule is CCCC(CCC)COC(CCCCCCC(C)(C)C)OCC(CCC)CCC.CCCCC(CC)COC(CCCCC(C)(C)C)OCC(CC)CCCC.CCCCCCCCOC(CCCCC(C)(C)C)OCCCCCCCC.CCCCCCOC(CCCCCCC(C)(C)C)OCCCCCC.CCCCOC(CCCCCCC(C)(C)C)OCCCC. The molecule has 2 unspecified atom stereocenters. The van der Waals surface area contributed by atoms with Gasteiger partial charge in [-0.25, -0.2) is 0 Å². The fourth-order valence-electron chi connectivity index (χ4n) is 16.4. The Morgan fingerprint density at radius 1 is 0.140 bits per heavy atom. The Bertz CT molecular complexity index is 1960. The van der Waals surface area contributed by atoms with Gasteiger partial charge in [-0.2, -0.15) is 0 Å². The summed E-state index contributed by atoms with van der Waals surface area (Å²) >= 11 is 0. The summed E-state index contributed by atoms with van der Waals surface area (Å²) in [6.45, 7) is 75.4. The highest BCUT2D eigenvalue weighted by atomic mass is 16.7. The van der Waals surface area contributed by atoms with Crippen molar-refractivity contribution in [3.8, 4) is 0 Å². The van der Waals surface area contributed by atoms with Gasteiger partial charge in [-0.3, -0.25) is 0 Å². The van der Waals surface area contributed by atoms with Crippen molar-refractivity contribution in [3.05, 3.63) is 0 Å². The molecule has 0 bridgehead atoms. The molecule has 0 aliphatic carbocycles. The molecule has 2 atom stereocenters. The molecule has 0 N–H and O–H groups in total. The Morgan fingerprint density at radius 3 is 0.527 bits per heavy atom. The van der Waals surface area contributed by atoms with Crippen LogP contribution in [0.3, 0.4) is 0 Å². The number of hydrogen-bond acceptors (Lipinski definition) is 10. The Hall–Kier alpha value is -0.400. The predicted molar refractivity (Wildman–Crippen MR) is 574 cm³/mol. The minimum absolute atomic E-state index is 0.00341. The topological polar surface area (TPSA) is 92.3 Å². The molecule has 0 aliphatic heterocycles. The van der Waals surface area contributed by atoms with Crippen LogP contribution in [0.15, 0.2) is 0 Å². The first-order chi connectivity index (χ1) is 61.7.